The molecule has 1 fully saturated rings. The van der Waals surface area contributed by atoms with Crippen molar-refractivity contribution in [1.29, 1.82) is 0 Å². The molecule has 0 unspecified atom stereocenters. The van der Waals surface area contributed by atoms with E-state index in [4.69, 9.17) is 0 Å². The summed E-state index contributed by atoms with van der Waals surface area (Å²) in [6.07, 6.45) is 1.32. The Balaban J connectivity index is 1.94. The molecule has 22 heavy (non-hydrogen) atoms. The third-order valence-electron chi connectivity index (χ3n) is 3.72. The lowest BCUT2D eigenvalue weighted by atomic mass is 10.1. The number of nitrogens with one attached hydrogen (secondary N) is 2. The van der Waals surface area contributed by atoms with E-state index in [2.05, 4.69) is 26.0 Å². The van der Waals surface area contributed by atoms with Gasteiger partial charge in [-0.15, -0.1) is 0 Å². The number of carbonyl (C=O) groups is 2. The first-order valence-electron chi connectivity index (χ1n) is 6.63. The van der Waals surface area contributed by atoms with Gasteiger partial charge >= 0.3 is 0 Å². The van der Waals surface area contributed by atoms with Crippen molar-refractivity contribution in [1.82, 2.24) is 9.62 Å². The van der Waals surface area contributed by atoms with E-state index in [-0.39, 0.29) is 24.8 Å². The second kappa shape index (κ2) is 5.32. The fourth-order valence-corrected chi connectivity index (χ4v) is 4.01. The van der Waals surface area contributed by atoms with Crippen molar-refractivity contribution in [3.8, 4) is 0 Å². The van der Waals surface area contributed by atoms with Crippen molar-refractivity contribution >= 4 is 43.5 Å². The summed E-state index contributed by atoms with van der Waals surface area (Å²) in [5.74, 6) is -0.579. The highest BCUT2D eigenvalue weighted by atomic mass is 79.9. The van der Waals surface area contributed by atoms with Crippen LogP contribution in [0.4, 0.5) is 5.69 Å². The highest BCUT2D eigenvalue weighted by Gasteiger charge is 2.43. The Bertz CT molecular complexity index is 765. The van der Waals surface area contributed by atoms with Gasteiger partial charge in [0.05, 0.1) is 17.5 Å². The fourth-order valence-electron chi connectivity index (χ4n) is 2.87. The Morgan fingerprint density at radius 3 is 2.77 bits per heavy atom. The van der Waals surface area contributed by atoms with E-state index in [1.165, 1.54) is 4.90 Å². The Kier molecular flexibility index (Phi) is 3.74. The number of hydrogen-bond acceptors (Lipinski definition) is 4. The van der Waals surface area contributed by atoms with Gasteiger partial charge in [0.15, 0.2) is 0 Å². The Morgan fingerprint density at radius 2 is 2.09 bits per heavy atom. The van der Waals surface area contributed by atoms with Gasteiger partial charge in [-0.1, -0.05) is 15.9 Å². The summed E-state index contributed by atoms with van der Waals surface area (Å²) in [7, 11) is -3.39. The minimum absolute atomic E-state index is 0.177. The van der Waals surface area contributed by atoms with Gasteiger partial charge in [0.2, 0.25) is 15.9 Å². The van der Waals surface area contributed by atoms with Gasteiger partial charge in [-0.25, -0.2) is 13.1 Å². The summed E-state index contributed by atoms with van der Waals surface area (Å²) < 4.78 is 25.9. The molecule has 2 heterocycles. The molecule has 3 rings (SSSR count). The number of sulfonamides is 1. The lowest BCUT2D eigenvalue weighted by Gasteiger charge is -2.20. The van der Waals surface area contributed by atoms with Gasteiger partial charge in [-0.05, 0) is 24.6 Å². The zero-order valence-electron chi connectivity index (χ0n) is 11.7. The molecule has 2 aliphatic rings. The van der Waals surface area contributed by atoms with E-state index < -0.39 is 22.1 Å². The van der Waals surface area contributed by atoms with Crippen LogP contribution in [0.25, 0.3) is 0 Å². The van der Waals surface area contributed by atoms with Crippen molar-refractivity contribution in [2.75, 3.05) is 18.1 Å². The maximum Gasteiger partial charge on any atom is 0.256 e. The lowest BCUT2D eigenvalue weighted by Crippen LogP contribution is -2.41. The molecule has 9 heteroatoms. The molecule has 2 N–H and O–H groups in total. The third kappa shape index (κ3) is 2.88. The Labute approximate surface area is 136 Å². The van der Waals surface area contributed by atoms with Crippen molar-refractivity contribution < 1.29 is 18.0 Å². The van der Waals surface area contributed by atoms with Gasteiger partial charge in [0.25, 0.3) is 5.91 Å². The van der Waals surface area contributed by atoms with Crippen LogP contribution < -0.4 is 10.0 Å². The second-order valence-corrected chi connectivity index (χ2v) is 8.17. The van der Waals surface area contributed by atoms with Crippen LogP contribution in [0.15, 0.2) is 22.7 Å². The highest BCUT2D eigenvalue weighted by Crippen LogP contribution is 2.30. The molecule has 1 aromatic rings. The van der Waals surface area contributed by atoms with Gasteiger partial charge < -0.3 is 10.2 Å². The highest BCUT2D eigenvalue weighted by molar-refractivity contribution is 9.10. The average Bonchev–Trinajstić information content (AvgIpc) is 2.78. The van der Waals surface area contributed by atoms with Crippen molar-refractivity contribution in [3.05, 3.63) is 28.2 Å². The number of amides is 2. The van der Waals surface area contributed by atoms with E-state index in [9.17, 15) is 18.0 Å². The first kappa shape index (κ1) is 15.4. The number of benzene rings is 1. The number of rotatable bonds is 2. The standard InChI is InChI=1S/C13H14BrN3O4S/c1-22(20,21)16-8-5-11-12(18)15-10-3-2-7(14)4-9(10)13(19)17(11)6-8/h2-4,8,11,16H,5-6H2,1H3,(H,15,18)/t8-,11-/m1/s1. The average molecular weight is 388 g/mol. The quantitative estimate of drug-likeness (QED) is 0.773. The number of halogens is 1. The van der Waals surface area contributed by atoms with Crippen LogP contribution in [0.3, 0.4) is 0 Å². The number of fused-ring (bicyclic) bond motifs is 2. The fraction of sp³-hybridized carbons (Fsp3) is 0.385. The number of anilines is 1. The van der Waals surface area contributed by atoms with Crippen LogP contribution in [0.5, 0.6) is 0 Å². The predicted octanol–water partition coefficient (Wildman–Crippen LogP) is 0.534. The summed E-state index contributed by atoms with van der Waals surface area (Å²) in [5, 5.41) is 2.74. The summed E-state index contributed by atoms with van der Waals surface area (Å²) in [6, 6.07) is 3.94. The first-order valence-corrected chi connectivity index (χ1v) is 9.32. The maximum atomic E-state index is 12.7. The Morgan fingerprint density at radius 1 is 1.36 bits per heavy atom. The normalized spacial score (nSPS) is 24.5. The summed E-state index contributed by atoms with van der Waals surface area (Å²) in [4.78, 5) is 26.4. The van der Waals surface area contributed by atoms with E-state index in [0.29, 0.717) is 11.3 Å². The minimum atomic E-state index is -3.39. The molecule has 0 bridgehead atoms. The van der Waals surface area contributed by atoms with Crippen molar-refractivity contribution in [3.63, 3.8) is 0 Å². The molecule has 1 aromatic carbocycles. The molecule has 7 nitrogen and oxygen atoms in total. The van der Waals surface area contributed by atoms with Gasteiger partial charge in [-0.2, -0.15) is 0 Å². The number of hydrogen-bond donors (Lipinski definition) is 2. The third-order valence-corrected chi connectivity index (χ3v) is 4.97. The van der Waals surface area contributed by atoms with Crippen molar-refractivity contribution in [2.24, 2.45) is 0 Å². The molecule has 2 aliphatic heterocycles. The SMILES string of the molecule is CS(=O)(=O)N[C@@H]1C[C@@H]2C(=O)Nc3ccc(Br)cc3C(=O)N2C1. The van der Waals surface area contributed by atoms with Gasteiger partial charge in [0, 0.05) is 17.1 Å². The molecule has 0 saturated carbocycles. The molecule has 1 saturated heterocycles. The van der Waals surface area contributed by atoms with Crippen molar-refractivity contribution in [2.45, 2.75) is 18.5 Å². The number of carbonyl (C=O) groups excluding carboxylic acids is 2. The van der Waals surface area contributed by atoms with E-state index in [1.54, 1.807) is 18.2 Å². The predicted molar refractivity (Wildman–Crippen MR) is 84.0 cm³/mol. The van der Waals surface area contributed by atoms with Crippen LogP contribution in [0.2, 0.25) is 0 Å². The molecule has 0 aliphatic carbocycles. The minimum Gasteiger partial charge on any atom is -0.325 e. The summed E-state index contributed by atoms with van der Waals surface area (Å²) >= 11 is 3.31. The van der Waals surface area contributed by atoms with Gasteiger partial charge in [0.1, 0.15) is 6.04 Å². The second-order valence-electron chi connectivity index (χ2n) is 5.48. The maximum absolute atomic E-state index is 12.7. The molecular formula is C13H14BrN3O4S. The van der Waals surface area contributed by atoms with E-state index in [0.717, 1.165) is 10.7 Å². The first-order chi connectivity index (χ1) is 10.2. The molecule has 2 amide bonds. The summed E-state index contributed by atoms with van der Waals surface area (Å²) in [5.41, 5.74) is 0.866. The zero-order valence-corrected chi connectivity index (χ0v) is 14.1. The topological polar surface area (TPSA) is 95.6 Å². The van der Waals surface area contributed by atoms with Crippen LogP contribution in [-0.2, 0) is 14.8 Å². The van der Waals surface area contributed by atoms with Crippen LogP contribution in [-0.4, -0.2) is 50.0 Å². The Hall–Kier alpha value is -1.45. The largest absolute Gasteiger partial charge is 0.325 e. The molecule has 0 aromatic heterocycles. The lowest BCUT2D eigenvalue weighted by molar-refractivity contribution is -0.119. The molecule has 0 radical (unpaired) electrons. The van der Waals surface area contributed by atoms with E-state index in [1.807, 2.05) is 0 Å². The van der Waals surface area contributed by atoms with Crippen LogP contribution in [0.1, 0.15) is 16.8 Å². The summed E-state index contributed by atoms with van der Waals surface area (Å²) in [6.45, 7) is 0.177. The van der Waals surface area contributed by atoms with E-state index >= 15 is 0 Å². The monoisotopic (exact) mass is 387 g/mol. The molecule has 118 valence electrons. The molecule has 2 atom stereocenters. The van der Waals surface area contributed by atoms with Gasteiger partial charge in [-0.3, -0.25) is 9.59 Å². The van der Waals surface area contributed by atoms with Crippen LogP contribution in [0, 0.1) is 0 Å². The molecule has 0 spiro atoms. The molecular weight excluding hydrogens is 374 g/mol. The van der Waals surface area contributed by atoms with Crippen LogP contribution >= 0.6 is 15.9 Å². The zero-order chi connectivity index (χ0) is 16.1. The number of nitrogens with zero attached hydrogens (tertiary/aromatic N) is 1. The smallest absolute Gasteiger partial charge is 0.256 e.